The van der Waals surface area contributed by atoms with Crippen LogP contribution in [0.1, 0.15) is 19.0 Å². The number of piperidine rings is 1. The van der Waals surface area contributed by atoms with Gasteiger partial charge in [-0.05, 0) is 25.3 Å². The molecular weight excluding hydrogens is 210 g/mol. The van der Waals surface area contributed by atoms with Crippen LogP contribution in [-0.2, 0) is 0 Å². The molecule has 1 fully saturated rings. The van der Waals surface area contributed by atoms with Gasteiger partial charge in [-0.25, -0.2) is 9.97 Å². The number of rotatable bonds is 1. The van der Waals surface area contributed by atoms with Crippen LogP contribution in [0.3, 0.4) is 0 Å². The van der Waals surface area contributed by atoms with E-state index in [2.05, 4.69) is 21.8 Å². The monoisotopic (exact) mass is 225 g/mol. The molecule has 0 spiro atoms. The SMILES string of the molecule is Cc1ccnc(N2CCC(Cl)C(C)C2)n1. The third-order valence-electron chi connectivity index (χ3n) is 2.87. The van der Waals surface area contributed by atoms with E-state index in [9.17, 15) is 0 Å². The highest BCUT2D eigenvalue weighted by atomic mass is 35.5. The minimum atomic E-state index is 0.297. The van der Waals surface area contributed by atoms with E-state index in [-0.39, 0.29) is 0 Å². The van der Waals surface area contributed by atoms with Gasteiger partial charge in [-0.15, -0.1) is 11.6 Å². The summed E-state index contributed by atoms with van der Waals surface area (Å²) in [4.78, 5) is 10.9. The maximum absolute atomic E-state index is 6.18. The molecule has 1 aromatic heterocycles. The second-order valence-electron chi connectivity index (χ2n) is 4.23. The molecule has 0 saturated carbocycles. The quantitative estimate of drug-likeness (QED) is 0.687. The van der Waals surface area contributed by atoms with Gasteiger partial charge >= 0.3 is 0 Å². The van der Waals surface area contributed by atoms with Gasteiger partial charge in [-0.2, -0.15) is 0 Å². The Hall–Kier alpha value is -0.830. The van der Waals surface area contributed by atoms with Gasteiger partial charge in [0, 0.05) is 30.4 Å². The molecule has 0 bridgehead atoms. The molecule has 15 heavy (non-hydrogen) atoms. The molecule has 0 radical (unpaired) electrons. The number of halogens is 1. The fraction of sp³-hybridized carbons (Fsp3) is 0.636. The van der Waals surface area contributed by atoms with Gasteiger partial charge in [-0.3, -0.25) is 0 Å². The van der Waals surface area contributed by atoms with Crippen LogP contribution < -0.4 is 4.90 Å². The van der Waals surface area contributed by atoms with Gasteiger partial charge in [0.25, 0.3) is 0 Å². The van der Waals surface area contributed by atoms with Crippen molar-refractivity contribution in [3.63, 3.8) is 0 Å². The van der Waals surface area contributed by atoms with Gasteiger partial charge in [0.05, 0.1) is 0 Å². The van der Waals surface area contributed by atoms with Gasteiger partial charge in [0.1, 0.15) is 0 Å². The minimum Gasteiger partial charge on any atom is -0.340 e. The largest absolute Gasteiger partial charge is 0.340 e. The molecule has 4 heteroatoms. The van der Waals surface area contributed by atoms with E-state index in [0.29, 0.717) is 11.3 Å². The summed E-state index contributed by atoms with van der Waals surface area (Å²) >= 11 is 6.18. The van der Waals surface area contributed by atoms with E-state index in [1.165, 1.54) is 0 Å². The van der Waals surface area contributed by atoms with Crippen LogP contribution in [0.2, 0.25) is 0 Å². The van der Waals surface area contributed by atoms with Crippen LogP contribution in [0.15, 0.2) is 12.3 Å². The Bertz CT molecular complexity index is 342. The maximum Gasteiger partial charge on any atom is 0.225 e. The normalized spacial score (nSPS) is 26.7. The lowest BCUT2D eigenvalue weighted by molar-refractivity contribution is 0.449. The lowest BCUT2D eigenvalue weighted by Crippen LogP contribution is -2.40. The Kier molecular flexibility index (Phi) is 3.10. The Morgan fingerprint density at radius 2 is 2.33 bits per heavy atom. The van der Waals surface area contributed by atoms with E-state index in [1.54, 1.807) is 0 Å². The zero-order valence-electron chi connectivity index (χ0n) is 9.15. The minimum absolute atomic E-state index is 0.297. The summed E-state index contributed by atoms with van der Waals surface area (Å²) in [5.41, 5.74) is 1.01. The predicted molar refractivity (Wildman–Crippen MR) is 62.4 cm³/mol. The van der Waals surface area contributed by atoms with Crippen molar-refractivity contribution in [3.05, 3.63) is 18.0 Å². The molecule has 2 atom stereocenters. The first-order valence-corrected chi connectivity index (χ1v) is 5.79. The topological polar surface area (TPSA) is 29.0 Å². The van der Waals surface area contributed by atoms with Crippen LogP contribution in [0, 0.1) is 12.8 Å². The molecule has 0 N–H and O–H groups in total. The van der Waals surface area contributed by atoms with E-state index in [0.717, 1.165) is 31.2 Å². The first kappa shape index (κ1) is 10.7. The summed E-state index contributed by atoms with van der Waals surface area (Å²) < 4.78 is 0. The van der Waals surface area contributed by atoms with Crippen LogP contribution in [0.25, 0.3) is 0 Å². The Balaban J connectivity index is 2.12. The molecule has 0 aromatic carbocycles. The predicted octanol–water partition coefficient (Wildman–Crippen LogP) is 2.24. The highest BCUT2D eigenvalue weighted by molar-refractivity contribution is 6.20. The average Bonchev–Trinajstić information content (AvgIpc) is 2.22. The molecule has 3 nitrogen and oxygen atoms in total. The summed E-state index contributed by atoms with van der Waals surface area (Å²) in [6.45, 7) is 6.09. The number of alkyl halides is 1. The highest BCUT2D eigenvalue weighted by Crippen LogP contribution is 2.24. The second kappa shape index (κ2) is 4.35. The van der Waals surface area contributed by atoms with Crippen LogP contribution in [0.5, 0.6) is 0 Å². The van der Waals surface area contributed by atoms with E-state index in [4.69, 9.17) is 11.6 Å². The van der Waals surface area contributed by atoms with Crippen molar-refractivity contribution >= 4 is 17.5 Å². The molecule has 1 aromatic rings. The number of anilines is 1. The van der Waals surface area contributed by atoms with Crippen molar-refractivity contribution in [1.29, 1.82) is 0 Å². The van der Waals surface area contributed by atoms with E-state index in [1.807, 2.05) is 19.2 Å². The summed E-state index contributed by atoms with van der Waals surface area (Å²) in [5, 5.41) is 0.297. The molecule has 1 aliphatic heterocycles. The number of aromatic nitrogens is 2. The van der Waals surface area contributed by atoms with Gasteiger partial charge in [-0.1, -0.05) is 6.92 Å². The van der Waals surface area contributed by atoms with Gasteiger partial charge < -0.3 is 4.90 Å². The second-order valence-corrected chi connectivity index (χ2v) is 4.79. The first-order chi connectivity index (χ1) is 7.16. The summed E-state index contributed by atoms with van der Waals surface area (Å²) in [7, 11) is 0. The molecule has 1 aliphatic rings. The molecule has 2 rings (SSSR count). The summed E-state index contributed by atoms with van der Waals surface area (Å²) in [6, 6.07) is 1.92. The lowest BCUT2D eigenvalue weighted by atomic mass is 10.00. The fourth-order valence-corrected chi connectivity index (χ4v) is 2.06. The number of nitrogens with zero attached hydrogens (tertiary/aromatic N) is 3. The molecule has 0 aliphatic carbocycles. The number of hydrogen-bond acceptors (Lipinski definition) is 3. The molecule has 2 unspecified atom stereocenters. The van der Waals surface area contributed by atoms with Crippen molar-refractivity contribution in [1.82, 2.24) is 9.97 Å². The van der Waals surface area contributed by atoms with Crippen molar-refractivity contribution in [3.8, 4) is 0 Å². The van der Waals surface area contributed by atoms with E-state index >= 15 is 0 Å². The van der Waals surface area contributed by atoms with Crippen molar-refractivity contribution in [2.24, 2.45) is 5.92 Å². The molecule has 2 heterocycles. The fourth-order valence-electron chi connectivity index (χ4n) is 1.89. The third kappa shape index (κ3) is 2.40. The van der Waals surface area contributed by atoms with Gasteiger partial charge in [0.15, 0.2) is 0 Å². The zero-order chi connectivity index (χ0) is 10.8. The molecule has 1 saturated heterocycles. The zero-order valence-corrected chi connectivity index (χ0v) is 9.91. The number of hydrogen-bond donors (Lipinski definition) is 0. The smallest absolute Gasteiger partial charge is 0.225 e. The Labute approximate surface area is 95.5 Å². The standard InChI is InChI=1S/C11H16ClN3/c1-8-7-15(6-4-10(8)12)11-13-5-3-9(2)14-11/h3,5,8,10H,4,6-7H2,1-2H3. The lowest BCUT2D eigenvalue weighted by Gasteiger charge is -2.34. The first-order valence-electron chi connectivity index (χ1n) is 5.35. The molecule has 82 valence electrons. The summed E-state index contributed by atoms with van der Waals surface area (Å²) in [6.07, 6.45) is 2.83. The third-order valence-corrected chi connectivity index (χ3v) is 3.51. The molecule has 0 amide bonds. The summed E-state index contributed by atoms with van der Waals surface area (Å²) in [5.74, 6) is 1.34. The van der Waals surface area contributed by atoms with Crippen LogP contribution in [0.4, 0.5) is 5.95 Å². The molecular formula is C11H16ClN3. The van der Waals surface area contributed by atoms with Crippen LogP contribution in [-0.4, -0.2) is 28.4 Å². The van der Waals surface area contributed by atoms with Crippen molar-refractivity contribution < 1.29 is 0 Å². The Morgan fingerprint density at radius 1 is 1.53 bits per heavy atom. The van der Waals surface area contributed by atoms with Crippen molar-refractivity contribution in [2.45, 2.75) is 25.6 Å². The number of aryl methyl sites for hydroxylation is 1. The average molecular weight is 226 g/mol. The maximum atomic E-state index is 6.18. The van der Waals surface area contributed by atoms with Crippen LogP contribution >= 0.6 is 11.6 Å². The van der Waals surface area contributed by atoms with E-state index < -0.39 is 0 Å². The Morgan fingerprint density at radius 3 is 3.00 bits per heavy atom. The van der Waals surface area contributed by atoms with Gasteiger partial charge in [0.2, 0.25) is 5.95 Å². The van der Waals surface area contributed by atoms with Crippen molar-refractivity contribution in [2.75, 3.05) is 18.0 Å². The highest BCUT2D eigenvalue weighted by Gasteiger charge is 2.25.